The molecule has 0 saturated heterocycles. The van der Waals surface area contributed by atoms with Crippen molar-refractivity contribution in [1.29, 1.82) is 0 Å². The lowest BCUT2D eigenvalue weighted by Crippen LogP contribution is -2.17. The first-order valence-electron chi connectivity index (χ1n) is 13.2. The normalized spacial score (nSPS) is 10.8. The van der Waals surface area contributed by atoms with E-state index in [1.54, 1.807) is 72.8 Å². The Hall–Kier alpha value is -4.91. The van der Waals surface area contributed by atoms with Crippen LogP contribution in [0.2, 0.25) is 0 Å². The molecule has 4 aromatic rings. The van der Waals surface area contributed by atoms with Crippen LogP contribution in [-0.4, -0.2) is 24.7 Å². The lowest BCUT2D eigenvalue weighted by molar-refractivity contribution is 0.0734. The predicted octanol–water partition coefficient (Wildman–Crippen LogP) is 6.74. The van der Waals surface area contributed by atoms with Crippen molar-refractivity contribution in [3.05, 3.63) is 125 Å². The molecular formula is C33H32N2O5. The van der Waals surface area contributed by atoms with Gasteiger partial charge in [-0.15, -0.1) is 0 Å². The summed E-state index contributed by atoms with van der Waals surface area (Å²) in [4.78, 5) is 24.9. The van der Waals surface area contributed by atoms with Gasteiger partial charge in [-0.25, -0.2) is 10.2 Å². The van der Waals surface area contributed by atoms with Crippen molar-refractivity contribution >= 4 is 18.1 Å². The van der Waals surface area contributed by atoms with Crippen LogP contribution in [0.25, 0.3) is 0 Å². The van der Waals surface area contributed by atoms with Gasteiger partial charge in [-0.2, -0.15) is 5.10 Å². The maximum Gasteiger partial charge on any atom is 0.343 e. The molecule has 0 aromatic heterocycles. The van der Waals surface area contributed by atoms with Crippen molar-refractivity contribution in [1.82, 2.24) is 5.43 Å². The quantitative estimate of drug-likeness (QED) is 0.0713. The number of hydrazone groups is 1. The molecule has 7 nitrogen and oxygen atoms in total. The van der Waals surface area contributed by atoms with Crippen molar-refractivity contribution < 1.29 is 23.8 Å². The van der Waals surface area contributed by atoms with Gasteiger partial charge in [-0.05, 0) is 97.3 Å². The number of unbranched alkanes of at least 4 members (excludes halogenated alkanes) is 1. The van der Waals surface area contributed by atoms with Gasteiger partial charge < -0.3 is 14.2 Å². The van der Waals surface area contributed by atoms with Gasteiger partial charge >= 0.3 is 5.97 Å². The van der Waals surface area contributed by atoms with E-state index >= 15 is 0 Å². The molecule has 0 aliphatic rings. The van der Waals surface area contributed by atoms with E-state index in [0.717, 1.165) is 29.7 Å². The number of benzene rings is 4. The zero-order chi connectivity index (χ0) is 28.2. The summed E-state index contributed by atoms with van der Waals surface area (Å²) in [7, 11) is 0. The van der Waals surface area contributed by atoms with Crippen LogP contribution in [0.5, 0.6) is 17.2 Å². The summed E-state index contributed by atoms with van der Waals surface area (Å²) in [6.45, 7) is 5.25. The second-order valence-corrected chi connectivity index (χ2v) is 9.18. The zero-order valence-corrected chi connectivity index (χ0v) is 22.6. The smallest absolute Gasteiger partial charge is 0.343 e. The van der Waals surface area contributed by atoms with Gasteiger partial charge in [0.25, 0.3) is 5.91 Å². The second kappa shape index (κ2) is 14.3. The molecule has 0 heterocycles. The van der Waals surface area contributed by atoms with Gasteiger partial charge in [0.1, 0.15) is 23.9 Å². The molecular weight excluding hydrogens is 504 g/mol. The largest absolute Gasteiger partial charge is 0.494 e. The van der Waals surface area contributed by atoms with E-state index in [2.05, 4.69) is 17.5 Å². The Morgan fingerprint density at radius 3 is 2.00 bits per heavy atom. The minimum absolute atomic E-state index is 0.339. The highest BCUT2D eigenvalue weighted by Gasteiger charge is 2.09. The van der Waals surface area contributed by atoms with E-state index in [0.29, 0.717) is 35.8 Å². The molecule has 0 spiro atoms. The third-order valence-corrected chi connectivity index (χ3v) is 5.97. The number of carbonyl (C=O) groups is 2. The van der Waals surface area contributed by atoms with E-state index in [1.807, 2.05) is 31.2 Å². The van der Waals surface area contributed by atoms with Crippen molar-refractivity contribution in [3.8, 4) is 17.2 Å². The minimum Gasteiger partial charge on any atom is -0.494 e. The molecule has 0 bridgehead atoms. The van der Waals surface area contributed by atoms with E-state index < -0.39 is 5.97 Å². The van der Waals surface area contributed by atoms with Crippen LogP contribution < -0.4 is 19.6 Å². The third kappa shape index (κ3) is 8.56. The molecule has 1 amide bonds. The molecule has 4 aromatic carbocycles. The third-order valence-electron chi connectivity index (χ3n) is 5.97. The van der Waals surface area contributed by atoms with Crippen LogP contribution in [0.4, 0.5) is 0 Å². The van der Waals surface area contributed by atoms with E-state index in [1.165, 1.54) is 11.8 Å². The summed E-state index contributed by atoms with van der Waals surface area (Å²) in [5.74, 6) is 1.00. The van der Waals surface area contributed by atoms with Crippen molar-refractivity contribution in [2.24, 2.45) is 5.10 Å². The summed E-state index contributed by atoms with van der Waals surface area (Å²) < 4.78 is 16.9. The summed E-state index contributed by atoms with van der Waals surface area (Å²) in [5, 5.41) is 4.02. The molecule has 0 fully saturated rings. The lowest BCUT2D eigenvalue weighted by atomic mass is 10.2. The molecule has 0 saturated carbocycles. The van der Waals surface area contributed by atoms with Crippen LogP contribution in [0.15, 0.2) is 102 Å². The van der Waals surface area contributed by atoms with Crippen LogP contribution in [0.3, 0.4) is 0 Å². The number of carbonyl (C=O) groups excluding carboxylic acids is 2. The first-order valence-corrected chi connectivity index (χ1v) is 13.2. The number of aryl methyl sites for hydroxylation is 1. The van der Waals surface area contributed by atoms with Gasteiger partial charge in [0.05, 0.1) is 18.4 Å². The summed E-state index contributed by atoms with van der Waals surface area (Å²) in [6.07, 6.45) is 3.56. The Balaban J connectivity index is 1.22. The van der Waals surface area contributed by atoms with Crippen LogP contribution in [-0.2, 0) is 6.61 Å². The molecule has 0 aliphatic carbocycles. The average Bonchev–Trinajstić information content (AvgIpc) is 2.98. The number of nitrogens with one attached hydrogen (secondary N) is 1. The molecule has 1 N–H and O–H groups in total. The monoisotopic (exact) mass is 536 g/mol. The molecule has 0 atom stereocenters. The van der Waals surface area contributed by atoms with E-state index in [4.69, 9.17) is 14.2 Å². The van der Waals surface area contributed by atoms with Gasteiger partial charge in [0.15, 0.2) is 0 Å². The van der Waals surface area contributed by atoms with E-state index in [-0.39, 0.29) is 5.91 Å². The van der Waals surface area contributed by atoms with Crippen molar-refractivity contribution in [2.45, 2.75) is 33.3 Å². The van der Waals surface area contributed by atoms with Crippen LogP contribution in [0, 0.1) is 6.92 Å². The number of hydrogen-bond acceptors (Lipinski definition) is 6. The zero-order valence-electron chi connectivity index (χ0n) is 22.6. The number of esters is 1. The number of nitrogens with zero attached hydrogens (tertiary/aromatic N) is 1. The molecule has 0 aliphatic heterocycles. The maximum absolute atomic E-state index is 12.4. The Morgan fingerprint density at radius 2 is 1.35 bits per heavy atom. The Labute approximate surface area is 234 Å². The molecule has 0 radical (unpaired) electrons. The first kappa shape index (κ1) is 28.1. The van der Waals surface area contributed by atoms with Gasteiger partial charge in [0.2, 0.25) is 0 Å². The highest BCUT2D eigenvalue weighted by molar-refractivity contribution is 5.95. The number of ether oxygens (including phenoxy) is 3. The summed E-state index contributed by atoms with van der Waals surface area (Å²) >= 11 is 0. The Bertz CT molecular complexity index is 1410. The topological polar surface area (TPSA) is 86.2 Å². The standard InChI is InChI=1S/C33H32N2O5/c1-3-4-21-38-29-19-13-28(14-20-29)33(37)40-31-15-9-25(10-16-31)22-34-35-32(36)27-11-17-30(18-12-27)39-23-26-7-5-24(2)6-8-26/h5-20,22H,3-4,21,23H2,1-2H3,(H,35,36)/b34-22-. The number of amides is 1. The maximum atomic E-state index is 12.4. The van der Waals surface area contributed by atoms with Gasteiger partial charge in [-0.1, -0.05) is 43.2 Å². The fourth-order valence-electron chi connectivity index (χ4n) is 3.59. The highest BCUT2D eigenvalue weighted by Crippen LogP contribution is 2.17. The molecule has 0 unspecified atom stereocenters. The SMILES string of the molecule is CCCCOc1ccc(C(=O)Oc2ccc(/C=N\NC(=O)c3ccc(OCc4ccc(C)cc4)cc3)cc2)cc1. The first-order chi connectivity index (χ1) is 19.5. The van der Waals surface area contributed by atoms with Crippen LogP contribution in [0.1, 0.15) is 57.2 Å². The highest BCUT2D eigenvalue weighted by atomic mass is 16.5. The fourth-order valence-corrected chi connectivity index (χ4v) is 3.59. The molecule has 40 heavy (non-hydrogen) atoms. The fraction of sp³-hybridized carbons (Fsp3) is 0.182. The van der Waals surface area contributed by atoms with Gasteiger partial charge in [0, 0.05) is 5.56 Å². The van der Waals surface area contributed by atoms with Crippen molar-refractivity contribution in [3.63, 3.8) is 0 Å². The summed E-state index contributed by atoms with van der Waals surface area (Å²) in [5.41, 5.74) is 6.41. The predicted molar refractivity (Wildman–Crippen MR) is 155 cm³/mol. The van der Waals surface area contributed by atoms with Crippen LogP contribution >= 0.6 is 0 Å². The minimum atomic E-state index is -0.458. The lowest BCUT2D eigenvalue weighted by Gasteiger charge is -2.07. The van der Waals surface area contributed by atoms with Gasteiger partial charge in [-0.3, -0.25) is 4.79 Å². The molecule has 4 rings (SSSR count). The second-order valence-electron chi connectivity index (χ2n) is 9.18. The Kier molecular flexibility index (Phi) is 10.0. The summed E-state index contributed by atoms with van der Waals surface area (Å²) in [6, 6.07) is 28.7. The molecule has 7 heteroatoms. The Morgan fingerprint density at radius 1 is 0.750 bits per heavy atom. The number of rotatable bonds is 12. The molecule has 204 valence electrons. The average molecular weight is 537 g/mol. The number of hydrogen-bond donors (Lipinski definition) is 1. The van der Waals surface area contributed by atoms with E-state index in [9.17, 15) is 9.59 Å². The van der Waals surface area contributed by atoms with Crippen molar-refractivity contribution in [2.75, 3.05) is 6.61 Å².